The summed E-state index contributed by atoms with van der Waals surface area (Å²) in [4.78, 5) is 24.0. The van der Waals surface area contributed by atoms with Crippen LogP contribution in [0.4, 0.5) is 8.78 Å². The second-order valence-corrected chi connectivity index (χ2v) is 9.43. The molecule has 0 radical (unpaired) electrons. The Hall–Kier alpha value is -1.32. The minimum Gasteiger partial charge on any atom is -0.463 e. The Morgan fingerprint density at radius 1 is 1.18 bits per heavy atom. The monoisotopic (exact) mass is 400 g/mol. The van der Waals surface area contributed by atoms with Crippen molar-refractivity contribution in [2.24, 2.45) is 23.7 Å². The van der Waals surface area contributed by atoms with Crippen molar-refractivity contribution in [1.82, 2.24) is 0 Å². The molecule has 7 fully saturated rings. The second kappa shape index (κ2) is 5.23. The highest BCUT2D eigenvalue weighted by Crippen LogP contribution is 2.65. The number of cyclic esters (lactones) is 1. The Morgan fingerprint density at radius 3 is 2.57 bits per heavy atom. The fourth-order valence-electron chi connectivity index (χ4n) is 6.70. The molecule has 0 aromatic heterocycles. The first-order chi connectivity index (χ1) is 13.2. The Labute approximate surface area is 159 Å². The molecule has 3 heterocycles. The summed E-state index contributed by atoms with van der Waals surface area (Å²) in [6.45, 7) is 0.783. The van der Waals surface area contributed by atoms with Crippen molar-refractivity contribution in [3.8, 4) is 0 Å². The van der Waals surface area contributed by atoms with Gasteiger partial charge in [-0.1, -0.05) is 0 Å². The van der Waals surface area contributed by atoms with Crippen LogP contribution in [0.3, 0.4) is 0 Å². The maximum absolute atomic E-state index is 13.4. The van der Waals surface area contributed by atoms with Gasteiger partial charge in [-0.2, -0.15) is 8.78 Å². The number of rotatable bonds is 2. The molecular weight excluding hydrogens is 378 g/mol. The SMILES string of the molecule is CC(F)(F)C(=O)OC12CC3CC(C1)C1(OC4OC5COC(=O)C5C4O1)C(C3)C2. The van der Waals surface area contributed by atoms with Crippen LogP contribution in [0.25, 0.3) is 0 Å². The van der Waals surface area contributed by atoms with E-state index in [1.54, 1.807) is 0 Å². The van der Waals surface area contributed by atoms with E-state index in [-0.39, 0.29) is 30.5 Å². The lowest BCUT2D eigenvalue weighted by Gasteiger charge is -2.62. The fraction of sp³-hybridized carbons (Fsp3) is 0.895. The molecule has 1 spiro atoms. The molecule has 0 aromatic carbocycles. The van der Waals surface area contributed by atoms with Crippen molar-refractivity contribution < 1.29 is 42.1 Å². The topological polar surface area (TPSA) is 80.3 Å². The highest BCUT2D eigenvalue weighted by atomic mass is 19.3. The predicted octanol–water partition coefficient (Wildman–Crippen LogP) is 1.77. The Kier molecular flexibility index (Phi) is 3.28. The Morgan fingerprint density at radius 2 is 1.89 bits per heavy atom. The first-order valence-electron chi connectivity index (χ1n) is 9.98. The third kappa shape index (κ3) is 2.18. The number of ether oxygens (including phenoxy) is 5. The van der Waals surface area contributed by atoms with E-state index in [0.29, 0.717) is 32.1 Å². The van der Waals surface area contributed by atoms with E-state index in [1.165, 1.54) is 0 Å². The molecule has 4 bridgehead atoms. The lowest BCUT2D eigenvalue weighted by molar-refractivity contribution is -0.341. The van der Waals surface area contributed by atoms with Crippen LogP contribution in [0.15, 0.2) is 0 Å². The minimum absolute atomic E-state index is 0.0814. The van der Waals surface area contributed by atoms with Gasteiger partial charge in [-0.05, 0) is 38.0 Å². The summed E-state index contributed by atoms with van der Waals surface area (Å²) < 4.78 is 55.9. The molecular formula is C19H22F2O7. The van der Waals surface area contributed by atoms with E-state index in [9.17, 15) is 18.4 Å². The van der Waals surface area contributed by atoms with E-state index >= 15 is 0 Å². The van der Waals surface area contributed by atoms with Gasteiger partial charge in [-0.3, -0.25) is 4.79 Å². The first kappa shape index (κ1) is 17.5. The molecule has 0 N–H and O–H groups in total. The van der Waals surface area contributed by atoms with E-state index in [4.69, 9.17) is 23.7 Å². The molecule has 3 saturated heterocycles. The van der Waals surface area contributed by atoms with Gasteiger partial charge < -0.3 is 23.7 Å². The Bertz CT molecular complexity index is 733. The van der Waals surface area contributed by atoms with Gasteiger partial charge in [0.15, 0.2) is 12.1 Å². The minimum atomic E-state index is -3.51. The number of hydrogen-bond donors (Lipinski definition) is 0. The number of fused-ring (bicyclic) bond motifs is 3. The van der Waals surface area contributed by atoms with Gasteiger partial charge in [-0.15, -0.1) is 0 Å². The predicted molar refractivity (Wildman–Crippen MR) is 84.8 cm³/mol. The van der Waals surface area contributed by atoms with Crippen molar-refractivity contribution >= 4 is 11.9 Å². The maximum atomic E-state index is 13.4. The number of halogens is 2. The molecule has 0 amide bonds. The second-order valence-electron chi connectivity index (χ2n) is 9.43. The van der Waals surface area contributed by atoms with E-state index in [0.717, 1.165) is 12.8 Å². The van der Waals surface area contributed by atoms with Crippen LogP contribution >= 0.6 is 0 Å². The van der Waals surface area contributed by atoms with Crippen LogP contribution in [0, 0.1) is 23.7 Å². The van der Waals surface area contributed by atoms with Crippen molar-refractivity contribution in [3.05, 3.63) is 0 Å². The third-order valence-electron chi connectivity index (χ3n) is 7.55. The number of carbonyl (C=O) groups excluding carboxylic acids is 2. The zero-order valence-electron chi connectivity index (χ0n) is 15.4. The number of esters is 2. The number of carbonyl (C=O) groups is 2. The molecule has 4 aliphatic carbocycles. The van der Waals surface area contributed by atoms with Gasteiger partial charge in [0.25, 0.3) is 0 Å². The van der Waals surface area contributed by atoms with E-state index in [1.807, 2.05) is 0 Å². The Balaban J connectivity index is 1.26. The summed E-state index contributed by atoms with van der Waals surface area (Å²) in [5, 5.41) is 0. The van der Waals surface area contributed by atoms with E-state index in [2.05, 4.69) is 0 Å². The molecule has 7 rings (SSSR count). The standard InChI is InChI=1S/C19H22F2O7/c1-17(20,21)16(23)28-18-4-8-2-9(5-18)19(10(3-8)6-18)26-13-12-11(7-24-14(12)22)25-15(13)27-19/h8-13,15H,2-7H2,1H3. The molecule has 7 aliphatic rings. The molecule has 9 heteroatoms. The highest BCUT2D eigenvalue weighted by molar-refractivity contribution is 5.77. The molecule has 28 heavy (non-hydrogen) atoms. The number of hydrogen-bond acceptors (Lipinski definition) is 7. The highest BCUT2D eigenvalue weighted by Gasteiger charge is 2.72. The largest absolute Gasteiger partial charge is 0.463 e. The average Bonchev–Trinajstić information content (AvgIpc) is 3.21. The summed E-state index contributed by atoms with van der Waals surface area (Å²) in [6, 6.07) is 0. The van der Waals surface area contributed by atoms with Crippen LogP contribution in [-0.4, -0.2) is 54.4 Å². The summed E-state index contributed by atoms with van der Waals surface area (Å²) in [7, 11) is 0. The van der Waals surface area contributed by atoms with Crippen LogP contribution in [0.5, 0.6) is 0 Å². The summed E-state index contributed by atoms with van der Waals surface area (Å²) >= 11 is 0. The van der Waals surface area contributed by atoms with Crippen LogP contribution in [-0.2, 0) is 33.3 Å². The summed E-state index contributed by atoms with van der Waals surface area (Å²) in [6.07, 6.45) is 1.68. The quantitative estimate of drug-likeness (QED) is 0.654. The van der Waals surface area contributed by atoms with Gasteiger partial charge in [0, 0.05) is 18.8 Å². The van der Waals surface area contributed by atoms with Crippen molar-refractivity contribution in [2.75, 3.05) is 6.61 Å². The average molecular weight is 400 g/mol. The van der Waals surface area contributed by atoms with Gasteiger partial charge in [0.05, 0.1) is 0 Å². The molecule has 4 saturated carbocycles. The molecule has 7 nitrogen and oxygen atoms in total. The van der Waals surface area contributed by atoms with Crippen LogP contribution < -0.4 is 0 Å². The smallest absolute Gasteiger partial charge is 0.377 e. The van der Waals surface area contributed by atoms with Gasteiger partial charge in [0.2, 0.25) is 0 Å². The summed E-state index contributed by atoms with van der Waals surface area (Å²) in [5.41, 5.74) is -0.877. The first-order valence-corrected chi connectivity index (χ1v) is 9.98. The lowest BCUT2D eigenvalue weighted by atomic mass is 9.51. The van der Waals surface area contributed by atoms with Crippen molar-refractivity contribution in [1.29, 1.82) is 0 Å². The van der Waals surface area contributed by atoms with E-state index < -0.39 is 41.6 Å². The number of alkyl halides is 2. The zero-order valence-corrected chi connectivity index (χ0v) is 15.4. The van der Waals surface area contributed by atoms with Gasteiger partial charge in [0.1, 0.15) is 30.3 Å². The zero-order chi connectivity index (χ0) is 19.5. The molecule has 154 valence electrons. The van der Waals surface area contributed by atoms with Crippen molar-refractivity contribution in [2.45, 2.75) is 74.8 Å². The van der Waals surface area contributed by atoms with Crippen molar-refractivity contribution in [3.63, 3.8) is 0 Å². The van der Waals surface area contributed by atoms with Gasteiger partial charge >= 0.3 is 17.9 Å². The van der Waals surface area contributed by atoms with Gasteiger partial charge in [-0.25, -0.2) is 4.79 Å². The summed E-state index contributed by atoms with van der Waals surface area (Å²) in [5.74, 6) is -6.55. The maximum Gasteiger partial charge on any atom is 0.377 e. The molecule has 6 atom stereocenters. The normalized spacial score (nSPS) is 53.4. The molecule has 3 aliphatic heterocycles. The third-order valence-corrected chi connectivity index (χ3v) is 7.55. The van der Waals surface area contributed by atoms with Crippen LogP contribution in [0.1, 0.15) is 39.0 Å². The fourth-order valence-corrected chi connectivity index (χ4v) is 6.70. The lowest BCUT2D eigenvalue weighted by Crippen LogP contribution is -2.65. The molecule has 0 aromatic rings. The molecule has 6 unspecified atom stereocenters. The van der Waals surface area contributed by atoms with Crippen LogP contribution in [0.2, 0.25) is 0 Å².